The van der Waals surface area contributed by atoms with Crippen LogP contribution in [-0.4, -0.2) is 9.52 Å². The van der Waals surface area contributed by atoms with Crippen LogP contribution in [0.4, 0.5) is 0 Å². The molecule has 2 aromatic rings. The normalized spacial score (nSPS) is 19.1. The predicted octanol–water partition coefficient (Wildman–Crippen LogP) is 11.9. The molecule has 0 nitrogen and oxygen atoms in total. The van der Waals surface area contributed by atoms with Gasteiger partial charge in [0.05, 0.1) is 0 Å². The van der Waals surface area contributed by atoms with Crippen LogP contribution in [0.3, 0.4) is 0 Å². The van der Waals surface area contributed by atoms with Crippen molar-refractivity contribution in [3.8, 4) is 0 Å². The average molecular weight is 630 g/mol. The molecule has 5 rings (SSSR count). The van der Waals surface area contributed by atoms with Crippen LogP contribution < -0.4 is 0 Å². The molecule has 214 valence electrons. The Kier molecular flexibility index (Phi) is 13.2. The second-order valence-electron chi connectivity index (χ2n) is 13.2. The predicted molar refractivity (Wildman–Crippen MR) is 177 cm³/mol. The van der Waals surface area contributed by atoms with E-state index in [4.69, 9.17) is 0 Å². The Hall–Kier alpha value is -0.980. The van der Waals surface area contributed by atoms with Gasteiger partial charge in [-0.3, -0.25) is 0 Å². The molecule has 0 spiro atoms. The molecule has 2 aliphatic carbocycles. The Balaban J connectivity index is 0.000000722. The molecule has 0 aromatic heterocycles. The van der Waals surface area contributed by atoms with Crippen LogP contribution in [-0.2, 0) is 26.2 Å². The van der Waals surface area contributed by atoms with E-state index in [0.29, 0.717) is 35.5 Å². The summed E-state index contributed by atoms with van der Waals surface area (Å²) in [5.74, 6) is 2.95. The van der Waals surface area contributed by atoms with Crippen LogP contribution in [0, 0.1) is 13.8 Å². The van der Waals surface area contributed by atoms with Crippen molar-refractivity contribution in [2.45, 2.75) is 130 Å². The van der Waals surface area contributed by atoms with Gasteiger partial charge in [0, 0.05) is 9.52 Å². The molecule has 2 unspecified atom stereocenters. The van der Waals surface area contributed by atoms with E-state index in [1.54, 1.807) is 0 Å². The quantitative estimate of drug-likeness (QED) is 0.220. The van der Waals surface area contributed by atoms with Crippen LogP contribution in [0.2, 0.25) is 12.1 Å². The Bertz CT molecular complexity index is 1110. The third-order valence-electron chi connectivity index (χ3n) is 8.85. The largest absolute Gasteiger partial charge is 2.00 e. The summed E-state index contributed by atoms with van der Waals surface area (Å²) in [4.78, 5) is 0. The third kappa shape index (κ3) is 7.50. The van der Waals surface area contributed by atoms with Crippen molar-refractivity contribution in [1.82, 2.24) is 0 Å². The van der Waals surface area contributed by atoms with Crippen LogP contribution in [0.1, 0.15) is 162 Å². The summed E-state index contributed by atoms with van der Waals surface area (Å²) >= 11 is 0. The maximum Gasteiger partial charge on any atom is 2.00 e. The van der Waals surface area contributed by atoms with Gasteiger partial charge in [-0.15, -0.1) is 11.8 Å². The van der Waals surface area contributed by atoms with Crippen molar-refractivity contribution < 1.29 is 26.2 Å². The Labute approximate surface area is 269 Å². The van der Waals surface area contributed by atoms with Crippen molar-refractivity contribution in [2.24, 2.45) is 0 Å². The maximum atomic E-state index is 2.65. The standard InChI is InChI=1S/C33H43.C4H8Si.CH3.Zr/c1-18(2)24-13-26(20(5)6)30-11-22(9)28(32(30)15-24)17-29-23(10)12-31-27(21(7)8)14-25(19(3)4)16-33(29)31;1-2-4-5-3-1;;/h11-21,28-29H,1-10H3;1-4H2;1H3;/q-1;;-1;+2. The number of allylic oxidation sites excluding steroid dienone is 2. The molecule has 0 amide bonds. The average Bonchev–Trinajstić information content (AvgIpc) is 3.59. The number of rotatable bonds is 6. The molecule has 2 heteroatoms. The van der Waals surface area contributed by atoms with Gasteiger partial charge in [-0.25, -0.2) is 0 Å². The van der Waals surface area contributed by atoms with Crippen LogP contribution >= 0.6 is 0 Å². The van der Waals surface area contributed by atoms with E-state index in [9.17, 15) is 0 Å². The number of fused-ring (bicyclic) bond motifs is 2. The molecule has 2 radical (unpaired) electrons. The number of hydrogen-bond acceptors (Lipinski definition) is 0. The summed E-state index contributed by atoms with van der Waals surface area (Å²) in [6.07, 6.45) is 10.6. The van der Waals surface area contributed by atoms with Crippen molar-refractivity contribution in [1.29, 1.82) is 0 Å². The van der Waals surface area contributed by atoms with E-state index >= 15 is 0 Å². The molecule has 1 heterocycles. The minimum atomic E-state index is 0. The first kappa shape index (κ1) is 35.2. The number of benzene rings is 2. The number of hydrogen-bond donors (Lipinski definition) is 0. The first-order chi connectivity index (χ1) is 18.0. The molecule has 1 aliphatic heterocycles. The Morgan fingerprint density at radius 1 is 0.625 bits per heavy atom. The van der Waals surface area contributed by atoms with Gasteiger partial charge in [0.15, 0.2) is 0 Å². The molecule has 0 N–H and O–H groups in total. The molecule has 3 aliphatic rings. The van der Waals surface area contributed by atoms with Crippen molar-refractivity contribution in [3.63, 3.8) is 0 Å². The summed E-state index contributed by atoms with van der Waals surface area (Å²) in [5, 5.41) is 0. The van der Waals surface area contributed by atoms with E-state index in [2.05, 4.69) is 112 Å². The van der Waals surface area contributed by atoms with Gasteiger partial charge in [-0.1, -0.05) is 139 Å². The van der Waals surface area contributed by atoms with Crippen LogP contribution in [0.25, 0.3) is 12.2 Å². The van der Waals surface area contributed by atoms with Gasteiger partial charge < -0.3 is 13.8 Å². The first-order valence-corrected chi connectivity index (χ1v) is 16.7. The zero-order valence-electron chi connectivity index (χ0n) is 27.3. The fourth-order valence-corrected chi connectivity index (χ4v) is 7.62. The second-order valence-corrected chi connectivity index (χ2v) is 14.7. The minimum Gasteiger partial charge on any atom is -0.358 e. The second kappa shape index (κ2) is 15.0. The molecule has 1 fully saturated rings. The van der Waals surface area contributed by atoms with Gasteiger partial charge in [-0.05, 0) is 70.9 Å². The molecule has 0 bridgehead atoms. The van der Waals surface area contributed by atoms with E-state index < -0.39 is 0 Å². The Morgan fingerprint density at radius 2 is 1.00 bits per heavy atom. The summed E-state index contributed by atoms with van der Waals surface area (Å²) in [6.45, 7) is 23.3. The van der Waals surface area contributed by atoms with E-state index in [1.165, 1.54) is 90.1 Å². The molecular formula is C38H54SiZr. The zero-order chi connectivity index (χ0) is 27.7. The molecule has 2 aromatic carbocycles. The summed E-state index contributed by atoms with van der Waals surface area (Å²) in [6, 6.07) is 13.0. The molecule has 2 atom stereocenters. The third-order valence-corrected chi connectivity index (χ3v) is 10.3. The van der Waals surface area contributed by atoms with Gasteiger partial charge in [0.25, 0.3) is 0 Å². The van der Waals surface area contributed by atoms with Gasteiger partial charge in [0.2, 0.25) is 0 Å². The van der Waals surface area contributed by atoms with Gasteiger partial charge >= 0.3 is 26.2 Å². The summed E-state index contributed by atoms with van der Waals surface area (Å²) < 4.78 is 0. The van der Waals surface area contributed by atoms with E-state index in [1.807, 2.05) is 0 Å². The Morgan fingerprint density at radius 3 is 1.27 bits per heavy atom. The first-order valence-electron chi connectivity index (χ1n) is 15.3. The molecule has 0 saturated carbocycles. The van der Waals surface area contributed by atoms with E-state index in [-0.39, 0.29) is 33.6 Å². The smallest absolute Gasteiger partial charge is 0.358 e. The fraction of sp³-hybridized carbons (Fsp3) is 0.526. The van der Waals surface area contributed by atoms with Gasteiger partial charge in [0.1, 0.15) is 0 Å². The SMILES string of the molecule is C1CC[Si]C1.CC1=Cc2c(C(C)C)cc(C(C)C)cc2C1[CH-]C1C(C)=Cc2c(C(C)C)cc(C(C)C)cc21.[CH3-].[Zr+2]. The molecule has 1 saturated heterocycles. The zero-order valence-corrected chi connectivity index (χ0v) is 30.8. The topological polar surface area (TPSA) is 0 Å². The molecule has 40 heavy (non-hydrogen) atoms. The fourth-order valence-electron chi connectivity index (χ4n) is 6.37. The van der Waals surface area contributed by atoms with E-state index in [0.717, 1.165) is 0 Å². The van der Waals surface area contributed by atoms with Crippen molar-refractivity contribution in [2.75, 3.05) is 0 Å². The monoisotopic (exact) mass is 628 g/mol. The maximum absolute atomic E-state index is 2.65. The van der Waals surface area contributed by atoms with Crippen molar-refractivity contribution >= 4 is 21.7 Å². The van der Waals surface area contributed by atoms with Gasteiger partial charge in [-0.2, -0.15) is 0 Å². The minimum absolute atomic E-state index is 0. The molecular weight excluding hydrogens is 576 g/mol. The summed E-state index contributed by atoms with van der Waals surface area (Å²) in [7, 11) is 1.31. The van der Waals surface area contributed by atoms with Crippen LogP contribution in [0.15, 0.2) is 35.4 Å². The van der Waals surface area contributed by atoms with Crippen molar-refractivity contribution in [3.05, 3.63) is 93.8 Å². The van der Waals surface area contributed by atoms with Crippen LogP contribution in [0.5, 0.6) is 0 Å². The summed E-state index contributed by atoms with van der Waals surface area (Å²) in [5.41, 5.74) is 14.9.